The number of H-pyrrole nitrogens is 1. The zero-order valence-electron chi connectivity index (χ0n) is 14.4. The molecule has 2 amide bonds. The highest BCUT2D eigenvalue weighted by molar-refractivity contribution is 5.89. The van der Waals surface area contributed by atoms with E-state index in [-0.39, 0.29) is 17.7 Å². The van der Waals surface area contributed by atoms with Crippen LogP contribution >= 0.6 is 0 Å². The predicted octanol–water partition coefficient (Wildman–Crippen LogP) is 0.685. The Balaban J connectivity index is 1.32. The molecule has 0 aliphatic carbocycles. The molecule has 2 fully saturated rings. The van der Waals surface area contributed by atoms with E-state index in [1.54, 1.807) is 11.9 Å². The molecule has 3 heterocycles. The Hall–Kier alpha value is -2.41. The normalized spacial score (nSPS) is 22.1. The molecule has 7 heteroatoms. The first-order valence-corrected chi connectivity index (χ1v) is 8.79. The number of fused-ring (bicyclic) bond motifs is 1. The minimum absolute atomic E-state index is 0.0712. The Bertz CT molecular complexity index is 761. The standard InChI is InChI=1S/C18H23N5O2/c1-21-11-13(10-17(21)24)18(25)23-8-6-22(7-9-23)12-16-19-14-4-2-3-5-15(14)20-16/h2-5,13H,6-12H2,1H3,(H,19,20)/t13-/m0/s1. The number of likely N-dealkylation sites (tertiary alicyclic amines) is 1. The summed E-state index contributed by atoms with van der Waals surface area (Å²) in [6.45, 7) is 4.41. The van der Waals surface area contributed by atoms with Crippen molar-refractivity contribution in [3.8, 4) is 0 Å². The molecular formula is C18H23N5O2. The number of imidazole rings is 1. The van der Waals surface area contributed by atoms with Crippen LogP contribution < -0.4 is 0 Å². The second-order valence-electron chi connectivity index (χ2n) is 6.98. The van der Waals surface area contributed by atoms with Crippen LogP contribution in [0.3, 0.4) is 0 Å². The van der Waals surface area contributed by atoms with Crippen LogP contribution in [0.25, 0.3) is 11.0 Å². The van der Waals surface area contributed by atoms with Gasteiger partial charge in [-0.05, 0) is 12.1 Å². The van der Waals surface area contributed by atoms with Gasteiger partial charge in [-0.3, -0.25) is 14.5 Å². The number of hydrogen-bond acceptors (Lipinski definition) is 4. The van der Waals surface area contributed by atoms with E-state index in [0.717, 1.165) is 36.5 Å². The van der Waals surface area contributed by atoms with Gasteiger partial charge in [0.1, 0.15) is 5.82 Å². The minimum atomic E-state index is -0.167. The number of carbonyl (C=O) groups excluding carboxylic acids is 2. The molecule has 0 spiro atoms. The number of amides is 2. The quantitative estimate of drug-likeness (QED) is 0.891. The third-order valence-electron chi connectivity index (χ3n) is 5.19. The Labute approximate surface area is 146 Å². The van der Waals surface area contributed by atoms with Crippen molar-refractivity contribution >= 4 is 22.8 Å². The van der Waals surface area contributed by atoms with E-state index in [9.17, 15) is 9.59 Å². The van der Waals surface area contributed by atoms with Gasteiger partial charge in [-0.1, -0.05) is 12.1 Å². The summed E-state index contributed by atoms with van der Waals surface area (Å²) in [7, 11) is 1.76. The Morgan fingerprint density at radius 1 is 1.24 bits per heavy atom. The summed E-state index contributed by atoms with van der Waals surface area (Å²) < 4.78 is 0. The fourth-order valence-electron chi connectivity index (χ4n) is 3.71. The average molecular weight is 341 g/mol. The number of piperazine rings is 1. The number of aromatic nitrogens is 2. The Morgan fingerprint density at radius 2 is 2.00 bits per heavy atom. The van der Waals surface area contributed by atoms with Gasteiger partial charge in [0.25, 0.3) is 0 Å². The van der Waals surface area contributed by atoms with Crippen molar-refractivity contribution < 1.29 is 9.59 Å². The first-order chi connectivity index (χ1) is 12.1. The maximum atomic E-state index is 12.6. The number of rotatable bonds is 3. The molecule has 0 radical (unpaired) electrons. The van der Waals surface area contributed by atoms with Crippen LogP contribution in [0.5, 0.6) is 0 Å². The van der Waals surface area contributed by atoms with E-state index >= 15 is 0 Å². The van der Waals surface area contributed by atoms with Crippen LogP contribution in [0.15, 0.2) is 24.3 Å². The van der Waals surface area contributed by atoms with Crippen molar-refractivity contribution in [2.24, 2.45) is 5.92 Å². The van der Waals surface area contributed by atoms with Gasteiger partial charge in [-0.25, -0.2) is 4.98 Å². The number of carbonyl (C=O) groups is 2. The molecule has 1 atom stereocenters. The third kappa shape index (κ3) is 3.24. The van der Waals surface area contributed by atoms with Gasteiger partial charge in [0.05, 0.1) is 23.5 Å². The molecule has 0 unspecified atom stereocenters. The van der Waals surface area contributed by atoms with Crippen molar-refractivity contribution in [1.82, 2.24) is 24.7 Å². The summed E-state index contributed by atoms with van der Waals surface area (Å²) in [5.41, 5.74) is 2.04. The number of nitrogens with one attached hydrogen (secondary N) is 1. The van der Waals surface area contributed by atoms with Gasteiger partial charge in [0, 0.05) is 46.2 Å². The molecule has 25 heavy (non-hydrogen) atoms. The van der Waals surface area contributed by atoms with Crippen molar-refractivity contribution in [2.75, 3.05) is 39.8 Å². The van der Waals surface area contributed by atoms with Crippen LogP contribution in [-0.4, -0.2) is 76.3 Å². The molecule has 0 saturated carbocycles. The van der Waals surface area contributed by atoms with E-state index in [0.29, 0.717) is 26.1 Å². The van der Waals surface area contributed by atoms with E-state index in [1.807, 2.05) is 29.2 Å². The van der Waals surface area contributed by atoms with Gasteiger partial charge < -0.3 is 14.8 Å². The number of benzene rings is 1. The van der Waals surface area contributed by atoms with E-state index in [2.05, 4.69) is 14.9 Å². The molecule has 1 N–H and O–H groups in total. The molecule has 2 aromatic rings. The molecular weight excluding hydrogens is 318 g/mol. The minimum Gasteiger partial charge on any atom is -0.345 e. The van der Waals surface area contributed by atoms with E-state index in [4.69, 9.17) is 0 Å². The lowest BCUT2D eigenvalue weighted by molar-refractivity contribution is -0.137. The SMILES string of the molecule is CN1C[C@@H](C(=O)N2CCN(Cc3nc4ccccc4[nH]3)CC2)CC1=O. The number of hydrogen-bond donors (Lipinski definition) is 1. The molecule has 132 valence electrons. The summed E-state index contributed by atoms with van der Waals surface area (Å²) in [4.78, 5) is 38.1. The average Bonchev–Trinajstić information content (AvgIpc) is 3.17. The summed E-state index contributed by atoms with van der Waals surface area (Å²) in [6.07, 6.45) is 0.356. The lowest BCUT2D eigenvalue weighted by Crippen LogP contribution is -2.50. The summed E-state index contributed by atoms with van der Waals surface area (Å²) in [6, 6.07) is 8.02. The topological polar surface area (TPSA) is 72.5 Å². The largest absolute Gasteiger partial charge is 0.345 e. The third-order valence-corrected chi connectivity index (χ3v) is 5.19. The van der Waals surface area contributed by atoms with Crippen molar-refractivity contribution in [1.29, 1.82) is 0 Å². The van der Waals surface area contributed by atoms with Crippen LogP contribution in [0, 0.1) is 5.92 Å². The number of aromatic amines is 1. The first-order valence-electron chi connectivity index (χ1n) is 8.79. The van der Waals surface area contributed by atoms with Crippen LogP contribution in [0.4, 0.5) is 0 Å². The van der Waals surface area contributed by atoms with Crippen LogP contribution in [0.2, 0.25) is 0 Å². The molecule has 4 rings (SSSR count). The van der Waals surface area contributed by atoms with Crippen molar-refractivity contribution in [3.05, 3.63) is 30.1 Å². The first kappa shape index (κ1) is 16.1. The van der Waals surface area contributed by atoms with Gasteiger partial charge in [-0.2, -0.15) is 0 Å². The smallest absolute Gasteiger partial charge is 0.228 e. The van der Waals surface area contributed by atoms with E-state index in [1.165, 1.54) is 0 Å². The molecule has 1 aromatic heterocycles. The second kappa shape index (κ2) is 6.48. The molecule has 7 nitrogen and oxygen atoms in total. The number of nitrogens with zero attached hydrogens (tertiary/aromatic N) is 4. The Morgan fingerprint density at radius 3 is 2.68 bits per heavy atom. The lowest BCUT2D eigenvalue weighted by Gasteiger charge is -2.35. The maximum absolute atomic E-state index is 12.6. The van der Waals surface area contributed by atoms with Crippen LogP contribution in [-0.2, 0) is 16.1 Å². The van der Waals surface area contributed by atoms with E-state index < -0.39 is 0 Å². The zero-order valence-corrected chi connectivity index (χ0v) is 14.4. The zero-order chi connectivity index (χ0) is 17.4. The summed E-state index contributed by atoms with van der Waals surface area (Å²) >= 11 is 0. The van der Waals surface area contributed by atoms with Gasteiger partial charge in [-0.15, -0.1) is 0 Å². The molecule has 0 bridgehead atoms. The highest BCUT2D eigenvalue weighted by Crippen LogP contribution is 2.20. The monoisotopic (exact) mass is 341 g/mol. The predicted molar refractivity (Wildman–Crippen MR) is 93.7 cm³/mol. The van der Waals surface area contributed by atoms with Crippen LogP contribution in [0.1, 0.15) is 12.2 Å². The Kier molecular flexibility index (Phi) is 4.17. The summed E-state index contributed by atoms with van der Waals surface area (Å²) in [5.74, 6) is 0.992. The lowest BCUT2D eigenvalue weighted by atomic mass is 10.1. The molecule has 2 saturated heterocycles. The van der Waals surface area contributed by atoms with Crippen molar-refractivity contribution in [2.45, 2.75) is 13.0 Å². The second-order valence-corrected chi connectivity index (χ2v) is 6.98. The van der Waals surface area contributed by atoms with Gasteiger partial charge in [0.15, 0.2) is 0 Å². The highest BCUT2D eigenvalue weighted by Gasteiger charge is 2.35. The fourth-order valence-corrected chi connectivity index (χ4v) is 3.71. The maximum Gasteiger partial charge on any atom is 0.228 e. The fraction of sp³-hybridized carbons (Fsp3) is 0.500. The number of para-hydroxylation sites is 2. The molecule has 1 aromatic carbocycles. The van der Waals surface area contributed by atoms with Crippen molar-refractivity contribution in [3.63, 3.8) is 0 Å². The highest BCUT2D eigenvalue weighted by atomic mass is 16.2. The molecule has 2 aliphatic heterocycles. The molecule has 2 aliphatic rings. The summed E-state index contributed by atoms with van der Waals surface area (Å²) in [5, 5.41) is 0. The van der Waals surface area contributed by atoms with Gasteiger partial charge >= 0.3 is 0 Å². The van der Waals surface area contributed by atoms with Gasteiger partial charge in [0.2, 0.25) is 11.8 Å².